The highest BCUT2D eigenvalue weighted by molar-refractivity contribution is 5.81. The van der Waals surface area contributed by atoms with E-state index in [1.54, 1.807) is 13.0 Å². The van der Waals surface area contributed by atoms with Crippen molar-refractivity contribution in [1.82, 2.24) is 0 Å². The lowest BCUT2D eigenvalue weighted by Crippen LogP contribution is -2.53. The summed E-state index contributed by atoms with van der Waals surface area (Å²) >= 11 is 0. The van der Waals surface area contributed by atoms with E-state index in [1.165, 1.54) is 19.2 Å². The van der Waals surface area contributed by atoms with Crippen LogP contribution >= 0.6 is 0 Å². The Balaban J connectivity index is 3.20. The Labute approximate surface area is 231 Å². The van der Waals surface area contributed by atoms with Gasteiger partial charge in [-0.05, 0) is 55.7 Å². The van der Waals surface area contributed by atoms with E-state index in [0.717, 1.165) is 0 Å². The second-order valence-corrected chi connectivity index (χ2v) is 10.6. The molecular formula is C29H45NO9. The van der Waals surface area contributed by atoms with Gasteiger partial charge in [-0.15, -0.1) is 0 Å². The third kappa shape index (κ3) is 13.0. The van der Waals surface area contributed by atoms with Crippen molar-refractivity contribution >= 4 is 24.1 Å². The number of hydrogen-bond donors (Lipinski definition) is 1. The molecular weight excluding hydrogens is 506 g/mol. The Morgan fingerprint density at radius 3 is 1.97 bits per heavy atom. The lowest BCUT2D eigenvalue weighted by molar-refractivity contribution is -0.148. The molecule has 0 aromatic heterocycles. The third-order valence-corrected chi connectivity index (χ3v) is 5.79. The third-order valence-electron chi connectivity index (χ3n) is 5.79. The van der Waals surface area contributed by atoms with Gasteiger partial charge in [0.1, 0.15) is 11.6 Å². The van der Waals surface area contributed by atoms with E-state index in [1.807, 2.05) is 34.6 Å². The molecule has 0 aliphatic heterocycles. The maximum atomic E-state index is 12.7. The van der Waals surface area contributed by atoms with Crippen LogP contribution in [-0.2, 0) is 35.0 Å². The van der Waals surface area contributed by atoms with Crippen LogP contribution in [0, 0.1) is 11.8 Å². The van der Waals surface area contributed by atoms with Gasteiger partial charge in [0.05, 0.1) is 13.7 Å². The first-order valence-corrected chi connectivity index (χ1v) is 13.5. The van der Waals surface area contributed by atoms with E-state index < -0.39 is 35.7 Å². The number of carbonyl (C=O) groups is 4. The number of benzene rings is 1. The molecule has 0 amide bonds. The van der Waals surface area contributed by atoms with E-state index >= 15 is 0 Å². The SMILES string of the molecule is CCCOC(=O)O[C@@H](C)CC(N)(Cc1ccc(OC(=O)CCC(C)C)c(OC(=O)CCC(C)C)c1)C(=O)OC. The lowest BCUT2D eigenvalue weighted by Gasteiger charge is -2.29. The zero-order valence-corrected chi connectivity index (χ0v) is 24.4. The molecule has 0 bridgehead atoms. The van der Waals surface area contributed by atoms with Gasteiger partial charge in [0.15, 0.2) is 11.5 Å². The molecule has 0 spiro atoms. The van der Waals surface area contributed by atoms with Crippen LogP contribution in [0.3, 0.4) is 0 Å². The standard InChI is InChI=1S/C29H45NO9/c1-8-15-36-28(34)37-21(6)17-29(30,27(33)35-7)18-22-11-12-23(38-25(31)13-9-19(2)3)24(16-22)39-26(32)14-10-20(4)5/h11-12,16,19-21H,8-10,13-15,17-18,30H2,1-7H3/t21-,29?/m0/s1. The van der Waals surface area contributed by atoms with Crippen LogP contribution in [-0.4, -0.2) is 49.4 Å². The highest BCUT2D eigenvalue weighted by atomic mass is 16.7. The Morgan fingerprint density at radius 2 is 1.46 bits per heavy atom. The van der Waals surface area contributed by atoms with E-state index in [9.17, 15) is 19.2 Å². The average molecular weight is 552 g/mol. The summed E-state index contributed by atoms with van der Waals surface area (Å²) in [6, 6.07) is 4.65. The van der Waals surface area contributed by atoms with Crippen molar-refractivity contribution in [3.05, 3.63) is 23.8 Å². The Bertz CT molecular complexity index is 960. The van der Waals surface area contributed by atoms with Crippen LogP contribution in [0.2, 0.25) is 0 Å². The monoisotopic (exact) mass is 551 g/mol. The van der Waals surface area contributed by atoms with Crippen molar-refractivity contribution in [2.45, 2.75) is 98.1 Å². The highest BCUT2D eigenvalue weighted by Gasteiger charge is 2.38. The molecule has 1 rings (SSSR count). The van der Waals surface area contributed by atoms with Gasteiger partial charge < -0.3 is 29.4 Å². The number of rotatable bonds is 16. The van der Waals surface area contributed by atoms with Crippen molar-refractivity contribution in [1.29, 1.82) is 0 Å². The molecule has 2 N–H and O–H groups in total. The molecule has 0 aliphatic rings. The van der Waals surface area contributed by atoms with Crippen LogP contribution < -0.4 is 15.2 Å². The quantitative estimate of drug-likeness (QED) is 0.217. The predicted octanol–water partition coefficient (Wildman–Crippen LogP) is 5.12. The summed E-state index contributed by atoms with van der Waals surface area (Å²) < 4.78 is 26.2. The van der Waals surface area contributed by atoms with Crippen molar-refractivity contribution < 1.29 is 42.9 Å². The molecule has 0 radical (unpaired) electrons. The van der Waals surface area contributed by atoms with Crippen LogP contribution in [0.1, 0.15) is 85.6 Å². The smallest absolute Gasteiger partial charge is 0.468 e. The summed E-state index contributed by atoms with van der Waals surface area (Å²) in [6.07, 6.45) is 0.632. The van der Waals surface area contributed by atoms with Gasteiger partial charge in [0, 0.05) is 25.7 Å². The van der Waals surface area contributed by atoms with Gasteiger partial charge in [-0.25, -0.2) is 4.79 Å². The summed E-state index contributed by atoms with van der Waals surface area (Å²) in [6.45, 7) is 11.7. The van der Waals surface area contributed by atoms with Crippen LogP contribution in [0.15, 0.2) is 18.2 Å². The number of esters is 3. The summed E-state index contributed by atoms with van der Waals surface area (Å²) in [4.78, 5) is 49.5. The fourth-order valence-electron chi connectivity index (χ4n) is 3.72. The normalized spacial score (nSPS) is 13.4. The topological polar surface area (TPSA) is 140 Å². The molecule has 0 fully saturated rings. The second kappa shape index (κ2) is 16.7. The van der Waals surface area contributed by atoms with Crippen LogP contribution in [0.25, 0.3) is 0 Å². The Kier molecular flexibility index (Phi) is 14.5. The maximum absolute atomic E-state index is 12.7. The Hall–Kier alpha value is -3.14. The number of methoxy groups -OCH3 is 1. The molecule has 1 aromatic rings. The van der Waals surface area contributed by atoms with Crippen LogP contribution in [0.4, 0.5) is 4.79 Å². The second-order valence-electron chi connectivity index (χ2n) is 10.6. The molecule has 220 valence electrons. The fourth-order valence-corrected chi connectivity index (χ4v) is 3.72. The van der Waals surface area contributed by atoms with E-state index in [0.29, 0.717) is 36.7 Å². The summed E-state index contributed by atoms with van der Waals surface area (Å²) in [7, 11) is 1.21. The molecule has 0 saturated carbocycles. The summed E-state index contributed by atoms with van der Waals surface area (Å²) in [5.41, 5.74) is 5.43. The number of hydrogen-bond acceptors (Lipinski definition) is 10. The van der Waals surface area contributed by atoms with Gasteiger partial charge in [-0.3, -0.25) is 14.4 Å². The molecule has 1 unspecified atom stereocenters. The minimum Gasteiger partial charge on any atom is -0.468 e. The predicted molar refractivity (Wildman–Crippen MR) is 145 cm³/mol. The van der Waals surface area contributed by atoms with Gasteiger partial charge in [-0.1, -0.05) is 40.7 Å². The van der Waals surface area contributed by atoms with Crippen molar-refractivity contribution in [3.63, 3.8) is 0 Å². The summed E-state index contributed by atoms with van der Waals surface area (Å²) in [5, 5.41) is 0. The number of carbonyl (C=O) groups excluding carboxylic acids is 4. The van der Waals surface area contributed by atoms with Crippen molar-refractivity contribution in [3.8, 4) is 11.5 Å². The molecule has 2 atom stereocenters. The van der Waals surface area contributed by atoms with E-state index in [4.69, 9.17) is 29.4 Å². The van der Waals surface area contributed by atoms with E-state index in [-0.39, 0.29) is 43.8 Å². The van der Waals surface area contributed by atoms with Gasteiger partial charge in [0.2, 0.25) is 0 Å². The molecule has 0 heterocycles. The molecule has 0 aliphatic carbocycles. The first-order chi connectivity index (χ1) is 18.3. The van der Waals surface area contributed by atoms with Gasteiger partial charge >= 0.3 is 24.1 Å². The highest BCUT2D eigenvalue weighted by Crippen LogP contribution is 2.32. The lowest BCUT2D eigenvalue weighted by atomic mass is 9.86. The minimum atomic E-state index is -1.58. The van der Waals surface area contributed by atoms with Crippen LogP contribution in [0.5, 0.6) is 11.5 Å². The number of ether oxygens (including phenoxy) is 5. The van der Waals surface area contributed by atoms with Crippen molar-refractivity contribution in [2.75, 3.05) is 13.7 Å². The summed E-state index contributed by atoms with van der Waals surface area (Å²) in [5.74, 6) is -0.845. The molecule has 1 aromatic carbocycles. The average Bonchev–Trinajstić information content (AvgIpc) is 2.85. The Morgan fingerprint density at radius 1 is 0.897 bits per heavy atom. The van der Waals surface area contributed by atoms with E-state index in [2.05, 4.69) is 0 Å². The molecule has 39 heavy (non-hydrogen) atoms. The van der Waals surface area contributed by atoms with Gasteiger partial charge in [0.25, 0.3) is 0 Å². The molecule has 10 heteroatoms. The van der Waals surface area contributed by atoms with Gasteiger partial charge in [-0.2, -0.15) is 0 Å². The zero-order valence-electron chi connectivity index (χ0n) is 24.4. The first-order valence-electron chi connectivity index (χ1n) is 13.5. The fraction of sp³-hybridized carbons (Fsp3) is 0.655. The largest absolute Gasteiger partial charge is 0.508 e. The zero-order chi connectivity index (χ0) is 29.6. The number of nitrogens with two attached hydrogens (primary N) is 1. The first kappa shape index (κ1) is 33.9. The van der Waals surface area contributed by atoms with Crippen molar-refractivity contribution in [2.24, 2.45) is 17.6 Å². The molecule has 10 nitrogen and oxygen atoms in total. The maximum Gasteiger partial charge on any atom is 0.508 e. The minimum absolute atomic E-state index is 0.0322. The molecule has 0 saturated heterocycles.